The molecule has 0 radical (unpaired) electrons. The van der Waals surface area contributed by atoms with Crippen molar-refractivity contribution >= 4 is 22.6 Å². The molecule has 0 spiro atoms. The maximum atomic E-state index is 13.4. The highest BCUT2D eigenvalue weighted by Crippen LogP contribution is 2.32. The smallest absolute Gasteiger partial charge is 0.258 e. The molecule has 0 unspecified atom stereocenters. The molecule has 0 atom stereocenters. The fraction of sp³-hybridized carbons (Fsp3) is 0.444. The number of amides is 1. The zero-order valence-corrected chi connectivity index (χ0v) is 20.8. The van der Waals surface area contributed by atoms with Crippen LogP contribution in [0, 0.1) is 5.92 Å². The van der Waals surface area contributed by atoms with Gasteiger partial charge in [0.1, 0.15) is 23.8 Å². The van der Waals surface area contributed by atoms with Gasteiger partial charge in [-0.05, 0) is 35.2 Å². The predicted molar refractivity (Wildman–Crippen MR) is 136 cm³/mol. The van der Waals surface area contributed by atoms with Crippen LogP contribution in [0.1, 0.15) is 52.2 Å². The number of phenols is 1. The number of hydrogen-bond donors (Lipinski definition) is 3. The Balaban J connectivity index is 1.27. The number of hydrogen-bond acceptors (Lipinski definition) is 7. The molecule has 1 amide bonds. The quantitative estimate of drug-likeness (QED) is 0.416. The highest BCUT2D eigenvalue weighted by Gasteiger charge is 2.28. The largest absolute Gasteiger partial charge is 0.507 e. The summed E-state index contributed by atoms with van der Waals surface area (Å²) in [5, 5.41) is 21.4. The first-order chi connectivity index (χ1) is 17.4. The number of carbonyl (C=O) groups is 2. The van der Waals surface area contributed by atoms with Crippen molar-refractivity contribution in [1.82, 2.24) is 25.3 Å². The lowest BCUT2D eigenvalue weighted by Gasteiger charge is -2.26. The number of benzene rings is 2. The summed E-state index contributed by atoms with van der Waals surface area (Å²) < 4.78 is 5.99. The number of nitrogens with one attached hydrogen (secondary N) is 2. The minimum Gasteiger partial charge on any atom is -0.507 e. The molecule has 1 fully saturated rings. The Labute approximate surface area is 210 Å². The van der Waals surface area contributed by atoms with Gasteiger partial charge < -0.3 is 20.1 Å². The number of aromatic amines is 1. The summed E-state index contributed by atoms with van der Waals surface area (Å²) in [5.74, 6) is 0.496. The van der Waals surface area contributed by atoms with Gasteiger partial charge in [-0.3, -0.25) is 19.6 Å². The van der Waals surface area contributed by atoms with Gasteiger partial charge >= 0.3 is 0 Å². The Morgan fingerprint density at radius 3 is 2.67 bits per heavy atom. The Kier molecular flexibility index (Phi) is 6.93. The van der Waals surface area contributed by atoms with Crippen molar-refractivity contribution in [1.29, 1.82) is 0 Å². The van der Waals surface area contributed by atoms with Crippen LogP contribution in [0.25, 0.3) is 10.9 Å². The standard InChI is InChI=1S/C27H33N5O4/c1-17(2)11-25(34)26-21-13-22(24(33)14-23(21)29-30-26)27(35)32-15-18-3-4-20(12-19(18)16-32)36-10-9-31-7-5-28-6-8-31/h3-4,12-14,17,28,33H,5-11,15-16H2,1-2H3,(H,29,30). The summed E-state index contributed by atoms with van der Waals surface area (Å²) in [6.45, 7) is 10.5. The lowest BCUT2D eigenvalue weighted by molar-refractivity contribution is 0.0748. The molecule has 5 rings (SSSR count). The Morgan fingerprint density at radius 1 is 1.11 bits per heavy atom. The van der Waals surface area contributed by atoms with Crippen molar-refractivity contribution in [3.63, 3.8) is 0 Å². The van der Waals surface area contributed by atoms with Crippen LogP contribution < -0.4 is 10.1 Å². The highest BCUT2D eigenvalue weighted by atomic mass is 16.5. The molecule has 190 valence electrons. The van der Waals surface area contributed by atoms with Gasteiger partial charge in [0.05, 0.1) is 11.1 Å². The van der Waals surface area contributed by atoms with E-state index in [1.54, 1.807) is 11.0 Å². The Bertz CT molecular complexity index is 1280. The number of fused-ring (bicyclic) bond motifs is 2. The summed E-state index contributed by atoms with van der Waals surface area (Å²) in [5.41, 5.74) is 3.11. The van der Waals surface area contributed by atoms with Crippen LogP contribution in [0.4, 0.5) is 0 Å². The number of rotatable bonds is 8. The molecule has 3 heterocycles. The van der Waals surface area contributed by atoms with Crippen LogP contribution >= 0.6 is 0 Å². The number of ketones is 1. The molecule has 9 nitrogen and oxygen atoms in total. The van der Waals surface area contributed by atoms with E-state index in [2.05, 4.69) is 20.4 Å². The number of aromatic nitrogens is 2. The molecule has 2 aliphatic heterocycles. The molecule has 2 aliphatic rings. The number of phenolic OH excluding ortho intramolecular Hbond substituents is 1. The minimum atomic E-state index is -0.282. The van der Waals surface area contributed by atoms with Gasteiger partial charge in [0.15, 0.2) is 5.78 Å². The second-order valence-corrected chi connectivity index (χ2v) is 10.0. The van der Waals surface area contributed by atoms with Gasteiger partial charge in [0, 0.05) is 63.7 Å². The van der Waals surface area contributed by atoms with E-state index in [-0.39, 0.29) is 28.9 Å². The van der Waals surface area contributed by atoms with Crippen molar-refractivity contribution in [3.8, 4) is 11.5 Å². The SMILES string of the molecule is CC(C)CC(=O)c1n[nH]c2cc(O)c(C(=O)N3Cc4ccc(OCCN5CCNCC5)cc4C3)cc12. The van der Waals surface area contributed by atoms with Crippen molar-refractivity contribution in [2.75, 3.05) is 39.3 Å². The average Bonchev–Trinajstić information content (AvgIpc) is 3.47. The molecule has 9 heteroatoms. The van der Waals surface area contributed by atoms with Crippen molar-refractivity contribution in [2.45, 2.75) is 33.4 Å². The molecule has 0 bridgehead atoms. The molecule has 1 aromatic heterocycles. The second kappa shape index (κ2) is 10.3. The maximum absolute atomic E-state index is 13.4. The number of aromatic hydroxyl groups is 1. The van der Waals surface area contributed by atoms with Crippen LogP contribution in [0.2, 0.25) is 0 Å². The normalized spacial score (nSPS) is 16.0. The van der Waals surface area contributed by atoms with Crippen LogP contribution in [0.15, 0.2) is 30.3 Å². The van der Waals surface area contributed by atoms with E-state index in [0.717, 1.165) is 49.6 Å². The first-order valence-corrected chi connectivity index (χ1v) is 12.6. The third-order valence-corrected chi connectivity index (χ3v) is 6.84. The zero-order chi connectivity index (χ0) is 25.2. The van der Waals surface area contributed by atoms with Crippen LogP contribution in [-0.4, -0.2) is 76.1 Å². The van der Waals surface area contributed by atoms with Crippen LogP contribution in [0.5, 0.6) is 11.5 Å². The van der Waals surface area contributed by atoms with E-state index in [9.17, 15) is 14.7 Å². The third-order valence-electron chi connectivity index (χ3n) is 6.84. The predicted octanol–water partition coefficient (Wildman–Crippen LogP) is 2.94. The molecule has 2 aromatic carbocycles. The summed E-state index contributed by atoms with van der Waals surface area (Å²) in [7, 11) is 0. The molecule has 0 aliphatic carbocycles. The maximum Gasteiger partial charge on any atom is 0.258 e. The minimum absolute atomic E-state index is 0.0848. The topological polar surface area (TPSA) is 111 Å². The van der Waals surface area contributed by atoms with Gasteiger partial charge in [0.2, 0.25) is 0 Å². The highest BCUT2D eigenvalue weighted by molar-refractivity contribution is 6.09. The Morgan fingerprint density at radius 2 is 1.89 bits per heavy atom. The van der Waals surface area contributed by atoms with Crippen molar-refractivity contribution in [2.24, 2.45) is 5.92 Å². The average molecular weight is 492 g/mol. The molecule has 0 saturated carbocycles. The summed E-state index contributed by atoms with van der Waals surface area (Å²) in [6.07, 6.45) is 0.366. The first kappa shape index (κ1) is 24.3. The monoisotopic (exact) mass is 491 g/mol. The van der Waals surface area contributed by atoms with E-state index in [0.29, 0.717) is 42.7 Å². The molecular weight excluding hydrogens is 458 g/mol. The number of H-pyrrole nitrogens is 1. The molecule has 3 N–H and O–H groups in total. The van der Waals surface area contributed by atoms with Gasteiger partial charge in [-0.25, -0.2) is 0 Å². The molecule has 36 heavy (non-hydrogen) atoms. The zero-order valence-electron chi connectivity index (χ0n) is 20.8. The number of carbonyl (C=O) groups excluding carboxylic acids is 2. The second-order valence-electron chi connectivity index (χ2n) is 10.0. The summed E-state index contributed by atoms with van der Waals surface area (Å²) in [6, 6.07) is 9.01. The fourth-order valence-corrected chi connectivity index (χ4v) is 4.91. The van der Waals surface area contributed by atoms with Gasteiger partial charge in [-0.1, -0.05) is 19.9 Å². The third kappa shape index (κ3) is 5.08. The fourth-order valence-electron chi connectivity index (χ4n) is 4.91. The lowest BCUT2D eigenvalue weighted by Crippen LogP contribution is -2.44. The number of ether oxygens (including phenoxy) is 1. The van der Waals surface area contributed by atoms with E-state index in [1.807, 2.05) is 32.0 Å². The van der Waals surface area contributed by atoms with Crippen molar-refractivity contribution < 1.29 is 19.4 Å². The molecule has 3 aromatic rings. The van der Waals surface area contributed by atoms with Gasteiger partial charge in [-0.2, -0.15) is 5.10 Å². The van der Waals surface area contributed by atoms with Gasteiger partial charge in [-0.15, -0.1) is 0 Å². The van der Waals surface area contributed by atoms with E-state index < -0.39 is 0 Å². The number of Topliss-reactive ketones (excluding diaryl/α,β-unsaturated/α-hetero) is 1. The van der Waals surface area contributed by atoms with E-state index >= 15 is 0 Å². The lowest BCUT2D eigenvalue weighted by atomic mass is 10.0. The molecular formula is C27H33N5O4. The Hall–Kier alpha value is -3.43. The van der Waals surface area contributed by atoms with Crippen LogP contribution in [-0.2, 0) is 13.1 Å². The summed E-state index contributed by atoms with van der Waals surface area (Å²) >= 11 is 0. The van der Waals surface area contributed by atoms with E-state index in [4.69, 9.17) is 4.74 Å². The molecule has 1 saturated heterocycles. The summed E-state index contributed by atoms with van der Waals surface area (Å²) in [4.78, 5) is 30.1. The number of piperazine rings is 1. The van der Waals surface area contributed by atoms with Crippen molar-refractivity contribution in [3.05, 3.63) is 52.7 Å². The van der Waals surface area contributed by atoms with Gasteiger partial charge in [0.25, 0.3) is 5.91 Å². The number of nitrogens with zero attached hydrogens (tertiary/aromatic N) is 3. The first-order valence-electron chi connectivity index (χ1n) is 12.6. The van der Waals surface area contributed by atoms with Crippen LogP contribution in [0.3, 0.4) is 0 Å². The van der Waals surface area contributed by atoms with E-state index in [1.165, 1.54) is 6.07 Å².